The van der Waals surface area contributed by atoms with Crippen LogP contribution in [0.25, 0.3) is 0 Å². The van der Waals surface area contributed by atoms with E-state index in [-0.39, 0.29) is 0 Å². The molecule has 1 aliphatic rings. The van der Waals surface area contributed by atoms with E-state index in [2.05, 4.69) is 36.2 Å². The largest absolute Gasteiger partial charge is 0.379 e. The fourth-order valence-electron chi connectivity index (χ4n) is 1.14. The average molecular weight is 140 g/mol. The van der Waals surface area contributed by atoms with Gasteiger partial charge in [-0.1, -0.05) is 0 Å². The minimum absolute atomic E-state index is 1.13. The summed E-state index contributed by atoms with van der Waals surface area (Å²) >= 11 is 0. The topological polar surface area (TPSA) is 6.48 Å². The second kappa shape index (κ2) is 3.49. The summed E-state index contributed by atoms with van der Waals surface area (Å²) in [5.74, 6) is 0. The van der Waals surface area contributed by atoms with E-state index in [0.717, 1.165) is 6.54 Å². The third kappa shape index (κ3) is 1.94. The van der Waals surface area contributed by atoms with Gasteiger partial charge in [-0.25, -0.2) is 0 Å². The van der Waals surface area contributed by atoms with Crippen LogP contribution in [-0.2, 0) is 0 Å². The molecule has 0 aromatic carbocycles. The second-order valence-corrected chi connectivity index (χ2v) is 2.76. The van der Waals surface area contributed by atoms with Crippen LogP contribution in [0, 0.1) is 0 Å². The fraction of sp³-hybridized carbons (Fsp3) is 0.750. The van der Waals surface area contributed by atoms with Crippen LogP contribution in [0.5, 0.6) is 0 Å². The molecule has 1 heterocycles. The Hall–Kier alpha value is -0.660. The SMILES string of the molecule is CCN1C=CN(C)CCC1. The molecule has 0 spiro atoms. The van der Waals surface area contributed by atoms with Crippen molar-refractivity contribution in [3.05, 3.63) is 12.4 Å². The molecule has 0 bridgehead atoms. The van der Waals surface area contributed by atoms with Crippen LogP contribution in [0.2, 0.25) is 0 Å². The maximum Gasteiger partial charge on any atom is 0.0189 e. The van der Waals surface area contributed by atoms with Gasteiger partial charge >= 0.3 is 0 Å². The van der Waals surface area contributed by atoms with E-state index in [1.165, 1.54) is 19.5 Å². The summed E-state index contributed by atoms with van der Waals surface area (Å²) in [5, 5.41) is 0. The zero-order valence-electron chi connectivity index (χ0n) is 6.88. The lowest BCUT2D eigenvalue weighted by molar-refractivity contribution is 0.385. The van der Waals surface area contributed by atoms with Crippen molar-refractivity contribution < 1.29 is 0 Å². The van der Waals surface area contributed by atoms with Crippen LogP contribution in [0.3, 0.4) is 0 Å². The number of hydrogen-bond acceptors (Lipinski definition) is 2. The summed E-state index contributed by atoms with van der Waals surface area (Å²) in [7, 11) is 2.12. The summed E-state index contributed by atoms with van der Waals surface area (Å²) in [6, 6.07) is 0. The maximum absolute atomic E-state index is 2.34. The van der Waals surface area contributed by atoms with Gasteiger partial charge in [0.25, 0.3) is 0 Å². The lowest BCUT2D eigenvalue weighted by Crippen LogP contribution is -2.17. The van der Waals surface area contributed by atoms with Crippen molar-refractivity contribution in [3.8, 4) is 0 Å². The van der Waals surface area contributed by atoms with Crippen LogP contribution >= 0.6 is 0 Å². The van der Waals surface area contributed by atoms with Gasteiger partial charge in [0.2, 0.25) is 0 Å². The highest BCUT2D eigenvalue weighted by atomic mass is 15.2. The molecule has 1 rings (SSSR count). The molecule has 0 aromatic heterocycles. The molecular formula is C8H16N2. The fourth-order valence-corrected chi connectivity index (χ4v) is 1.14. The van der Waals surface area contributed by atoms with Crippen LogP contribution in [0.4, 0.5) is 0 Å². The van der Waals surface area contributed by atoms with Gasteiger partial charge in [-0.2, -0.15) is 0 Å². The highest BCUT2D eigenvalue weighted by Gasteiger charge is 2.01. The van der Waals surface area contributed by atoms with E-state index in [9.17, 15) is 0 Å². The first kappa shape index (κ1) is 7.45. The molecule has 0 saturated heterocycles. The van der Waals surface area contributed by atoms with Crippen LogP contribution in [-0.4, -0.2) is 36.5 Å². The van der Waals surface area contributed by atoms with Gasteiger partial charge in [-0.3, -0.25) is 0 Å². The summed E-state index contributed by atoms with van der Waals surface area (Å²) < 4.78 is 0. The number of nitrogens with zero attached hydrogens (tertiary/aromatic N) is 2. The molecule has 2 heteroatoms. The average Bonchev–Trinajstić information content (AvgIpc) is 2.14. The molecule has 0 atom stereocenters. The van der Waals surface area contributed by atoms with Gasteiger partial charge in [0.1, 0.15) is 0 Å². The second-order valence-electron chi connectivity index (χ2n) is 2.76. The molecule has 2 nitrogen and oxygen atoms in total. The zero-order chi connectivity index (χ0) is 7.40. The molecule has 0 unspecified atom stereocenters. The Morgan fingerprint density at radius 3 is 2.80 bits per heavy atom. The van der Waals surface area contributed by atoms with Crippen LogP contribution in [0.15, 0.2) is 12.4 Å². The van der Waals surface area contributed by atoms with Crippen LogP contribution in [0.1, 0.15) is 13.3 Å². The van der Waals surface area contributed by atoms with Crippen molar-refractivity contribution in [3.63, 3.8) is 0 Å². The van der Waals surface area contributed by atoms with Crippen molar-refractivity contribution in [2.45, 2.75) is 13.3 Å². The zero-order valence-corrected chi connectivity index (χ0v) is 6.88. The molecular weight excluding hydrogens is 124 g/mol. The summed E-state index contributed by atoms with van der Waals surface area (Å²) in [5.41, 5.74) is 0. The quantitative estimate of drug-likeness (QED) is 0.538. The third-order valence-corrected chi connectivity index (χ3v) is 1.89. The highest BCUT2D eigenvalue weighted by Crippen LogP contribution is 2.00. The van der Waals surface area contributed by atoms with Gasteiger partial charge in [0, 0.05) is 39.1 Å². The Labute approximate surface area is 63.1 Å². The Kier molecular flexibility index (Phi) is 2.60. The Morgan fingerprint density at radius 2 is 2.10 bits per heavy atom. The van der Waals surface area contributed by atoms with E-state index in [1.807, 2.05) is 0 Å². The minimum atomic E-state index is 1.13. The third-order valence-electron chi connectivity index (χ3n) is 1.89. The van der Waals surface area contributed by atoms with E-state index >= 15 is 0 Å². The number of hydrogen-bond donors (Lipinski definition) is 0. The molecule has 1 aliphatic heterocycles. The van der Waals surface area contributed by atoms with E-state index in [1.54, 1.807) is 0 Å². The lowest BCUT2D eigenvalue weighted by atomic mass is 10.4. The van der Waals surface area contributed by atoms with Gasteiger partial charge in [0.05, 0.1) is 0 Å². The standard InChI is InChI=1S/C8H16N2/c1-3-10-6-4-5-9(2)7-8-10/h7-8H,3-6H2,1-2H3. The molecule has 0 N–H and O–H groups in total. The smallest absolute Gasteiger partial charge is 0.0189 e. The first-order valence-electron chi connectivity index (χ1n) is 3.95. The summed E-state index contributed by atoms with van der Waals surface area (Å²) in [6.45, 7) is 5.71. The summed E-state index contributed by atoms with van der Waals surface area (Å²) in [6.07, 6.45) is 5.60. The summed E-state index contributed by atoms with van der Waals surface area (Å²) in [4.78, 5) is 4.57. The molecule has 0 fully saturated rings. The molecule has 0 aliphatic carbocycles. The van der Waals surface area contributed by atoms with Crippen molar-refractivity contribution in [1.82, 2.24) is 9.80 Å². The predicted molar refractivity (Wildman–Crippen MR) is 43.6 cm³/mol. The van der Waals surface area contributed by atoms with E-state index in [0.29, 0.717) is 0 Å². The van der Waals surface area contributed by atoms with Gasteiger partial charge in [-0.15, -0.1) is 0 Å². The molecule has 58 valence electrons. The van der Waals surface area contributed by atoms with E-state index < -0.39 is 0 Å². The normalized spacial score (nSPS) is 19.4. The van der Waals surface area contributed by atoms with Crippen molar-refractivity contribution in [1.29, 1.82) is 0 Å². The Morgan fingerprint density at radius 1 is 1.30 bits per heavy atom. The van der Waals surface area contributed by atoms with Gasteiger partial charge < -0.3 is 9.80 Å². The maximum atomic E-state index is 2.34. The molecule has 0 radical (unpaired) electrons. The molecule has 10 heavy (non-hydrogen) atoms. The Balaban J connectivity index is 2.42. The Bertz CT molecular complexity index is 120. The first-order chi connectivity index (χ1) is 4.83. The van der Waals surface area contributed by atoms with Gasteiger partial charge in [-0.05, 0) is 13.3 Å². The van der Waals surface area contributed by atoms with E-state index in [4.69, 9.17) is 0 Å². The lowest BCUT2D eigenvalue weighted by Gasteiger charge is -2.14. The van der Waals surface area contributed by atoms with Gasteiger partial charge in [0.15, 0.2) is 0 Å². The van der Waals surface area contributed by atoms with Crippen molar-refractivity contribution in [2.75, 3.05) is 26.7 Å². The highest BCUT2D eigenvalue weighted by molar-refractivity contribution is 4.84. The molecule has 0 aromatic rings. The first-order valence-corrected chi connectivity index (χ1v) is 3.95. The predicted octanol–water partition coefficient (Wildman–Crippen LogP) is 1.11. The minimum Gasteiger partial charge on any atom is -0.379 e. The van der Waals surface area contributed by atoms with Crippen molar-refractivity contribution in [2.24, 2.45) is 0 Å². The van der Waals surface area contributed by atoms with Crippen molar-refractivity contribution >= 4 is 0 Å². The number of rotatable bonds is 1. The van der Waals surface area contributed by atoms with Crippen LogP contribution < -0.4 is 0 Å². The molecule has 0 saturated carbocycles. The molecule has 0 amide bonds. The monoisotopic (exact) mass is 140 g/mol.